The fraction of sp³-hybridized carbons (Fsp3) is 0.391. The highest BCUT2D eigenvalue weighted by atomic mass is 16.5. The van der Waals surface area contributed by atoms with Crippen molar-refractivity contribution in [3.8, 4) is 0 Å². The zero-order chi connectivity index (χ0) is 18.6. The van der Waals surface area contributed by atoms with Crippen molar-refractivity contribution >= 4 is 10.9 Å². The maximum atomic E-state index is 5.58. The van der Waals surface area contributed by atoms with Crippen LogP contribution in [0.5, 0.6) is 0 Å². The molecule has 1 saturated heterocycles. The number of benzene rings is 2. The van der Waals surface area contributed by atoms with E-state index in [4.69, 9.17) is 4.74 Å². The molecule has 142 valence electrons. The minimum Gasteiger partial charge on any atom is -0.379 e. The van der Waals surface area contributed by atoms with Crippen molar-refractivity contribution in [2.24, 2.45) is 0 Å². The number of fused-ring (bicyclic) bond motifs is 1. The summed E-state index contributed by atoms with van der Waals surface area (Å²) in [5.74, 6) is 0. The molecule has 0 radical (unpaired) electrons. The molecule has 2 aromatic carbocycles. The molecule has 1 aliphatic heterocycles. The van der Waals surface area contributed by atoms with Gasteiger partial charge in [-0.05, 0) is 31.0 Å². The molecule has 0 bridgehead atoms. The number of hydrogen-bond donors (Lipinski definition) is 2. The molecule has 1 fully saturated rings. The molecule has 27 heavy (non-hydrogen) atoms. The summed E-state index contributed by atoms with van der Waals surface area (Å²) in [5.41, 5.74) is 5.20. The Bertz CT molecular complexity index is 868. The SMILES string of the molecule is Cc1[nH]c2ccccc2c1CNC(C)C(c1ccccc1)N1CCOCC1. The van der Waals surface area contributed by atoms with E-state index in [0.29, 0.717) is 12.1 Å². The van der Waals surface area contributed by atoms with Crippen molar-refractivity contribution in [2.75, 3.05) is 26.3 Å². The van der Waals surface area contributed by atoms with Gasteiger partial charge in [0.05, 0.1) is 19.3 Å². The molecule has 4 nitrogen and oxygen atoms in total. The first-order chi connectivity index (χ1) is 13.2. The van der Waals surface area contributed by atoms with Gasteiger partial charge in [0, 0.05) is 42.3 Å². The Morgan fingerprint density at radius 1 is 1.04 bits per heavy atom. The molecule has 4 heteroatoms. The van der Waals surface area contributed by atoms with Crippen LogP contribution in [0, 0.1) is 6.92 Å². The standard InChI is InChI=1S/C23H29N3O/c1-17-21(20-10-6-7-11-22(20)25-17)16-24-18(2)23(19-8-4-3-5-9-19)26-12-14-27-15-13-26/h3-11,18,23-25H,12-16H2,1-2H3. The number of para-hydroxylation sites is 1. The van der Waals surface area contributed by atoms with Crippen LogP contribution in [-0.2, 0) is 11.3 Å². The van der Waals surface area contributed by atoms with E-state index in [0.717, 1.165) is 32.8 Å². The second-order valence-corrected chi connectivity index (χ2v) is 7.45. The Balaban J connectivity index is 1.54. The molecule has 2 heterocycles. The number of nitrogens with zero attached hydrogens (tertiary/aromatic N) is 1. The third-order valence-corrected chi connectivity index (χ3v) is 5.68. The van der Waals surface area contributed by atoms with E-state index in [1.165, 1.54) is 27.7 Å². The van der Waals surface area contributed by atoms with E-state index in [1.807, 2.05) is 0 Å². The van der Waals surface area contributed by atoms with Gasteiger partial charge >= 0.3 is 0 Å². The van der Waals surface area contributed by atoms with Crippen LogP contribution in [-0.4, -0.2) is 42.2 Å². The van der Waals surface area contributed by atoms with Crippen molar-refractivity contribution in [1.29, 1.82) is 0 Å². The number of hydrogen-bond acceptors (Lipinski definition) is 3. The van der Waals surface area contributed by atoms with Crippen LogP contribution in [0.1, 0.15) is 29.8 Å². The highest BCUT2D eigenvalue weighted by Crippen LogP contribution is 2.27. The molecule has 4 rings (SSSR count). The Hall–Kier alpha value is -2.14. The van der Waals surface area contributed by atoms with Crippen molar-refractivity contribution < 1.29 is 4.74 Å². The van der Waals surface area contributed by atoms with Crippen LogP contribution < -0.4 is 5.32 Å². The van der Waals surface area contributed by atoms with Gasteiger partial charge in [0.25, 0.3) is 0 Å². The van der Waals surface area contributed by atoms with Gasteiger partial charge in [0.15, 0.2) is 0 Å². The van der Waals surface area contributed by atoms with E-state index in [9.17, 15) is 0 Å². The Kier molecular flexibility index (Phi) is 5.58. The van der Waals surface area contributed by atoms with Crippen molar-refractivity contribution in [3.05, 3.63) is 71.4 Å². The van der Waals surface area contributed by atoms with Crippen molar-refractivity contribution in [1.82, 2.24) is 15.2 Å². The zero-order valence-corrected chi connectivity index (χ0v) is 16.2. The Morgan fingerprint density at radius 2 is 1.74 bits per heavy atom. The van der Waals surface area contributed by atoms with Gasteiger partial charge in [0.2, 0.25) is 0 Å². The average molecular weight is 364 g/mol. The van der Waals surface area contributed by atoms with Gasteiger partial charge in [-0.1, -0.05) is 48.5 Å². The van der Waals surface area contributed by atoms with E-state index < -0.39 is 0 Å². The number of rotatable bonds is 6. The third-order valence-electron chi connectivity index (χ3n) is 5.68. The monoisotopic (exact) mass is 363 g/mol. The molecular formula is C23H29N3O. The molecule has 0 saturated carbocycles. The number of nitrogens with one attached hydrogen (secondary N) is 2. The lowest BCUT2D eigenvalue weighted by atomic mass is 9.97. The molecule has 2 N–H and O–H groups in total. The van der Waals surface area contributed by atoms with E-state index in [2.05, 4.69) is 83.6 Å². The fourth-order valence-electron chi connectivity index (χ4n) is 4.26. The molecule has 3 aromatic rings. The van der Waals surface area contributed by atoms with Gasteiger partial charge in [-0.3, -0.25) is 4.90 Å². The lowest BCUT2D eigenvalue weighted by Gasteiger charge is -2.38. The normalized spacial score (nSPS) is 17.9. The topological polar surface area (TPSA) is 40.3 Å². The van der Waals surface area contributed by atoms with E-state index in [-0.39, 0.29) is 0 Å². The highest BCUT2D eigenvalue weighted by molar-refractivity contribution is 5.84. The molecule has 2 unspecified atom stereocenters. The summed E-state index contributed by atoms with van der Waals surface area (Å²) in [6.45, 7) is 8.94. The van der Waals surface area contributed by atoms with Crippen molar-refractivity contribution in [3.63, 3.8) is 0 Å². The second-order valence-electron chi connectivity index (χ2n) is 7.45. The third kappa shape index (κ3) is 3.93. The first-order valence-corrected chi connectivity index (χ1v) is 9.90. The van der Waals surface area contributed by atoms with Crippen LogP contribution in [0.25, 0.3) is 10.9 Å². The van der Waals surface area contributed by atoms with Crippen LogP contribution >= 0.6 is 0 Å². The summed E-state index contributed by atoms with van der Waals surface area (Å²) < 4.78 is 5.58. The maximum Gasteiger partial charge on any atom is 0.0594 e. The summed E-state index contributed by atoms with van der Waals surface area (Å²) in [5, 5.41) is 5.13. The summed E-state index contributed by atoms with van der Waals surface area (Å²) in [4.78, 5) is 6.06. The highest BCUT2D eigenvalue weighted by Gasteiger charge is 2.27. The van der Waals surface area contributed by atoms with Crippen molar-refractivity contribution in [2.45, 2.75) is 32.5 Å². The molecule has 0 spiro atoms. The predicted octanol–water partition coefficient (Wildman–Crippen LogP) is 4.03. The summed E-state index contributed by atoms with van der Waals surface area (Å²) in [7, 11) is 0. The van der Waals surface area contributed by atoms with Crippen LogP contribution in [0.2, 0.25) is 0 Å². The average Bonchev–Trinajstić information content (AvgIpc) is 3.03. The van der Waals surface area contributed by atoms with Gasteiger partial charge in [-0.2, -0.15) is 0 Å². The molecule has 0 aliphatic carbocycles. The molecule has 1 aromatic heterocycles. The van der Waals surface area contributed by atoms with Crippen LogP contribution in [0.3, 0.4) is 0 Å². The summed E-state index contributed by atoms with van der Waals surface area (Å²) >= 11 is 0. The van der Waals surface area contributed by atoms with Gasteiger partial charge in [-0.25, -0.2) is 0 Å². The van der Waals surface area contributed by atoms with Crippen LogP contribution in [0.15, 0.2) is 54.6 Å². The Labute approximate surface area is 161 Å². The number of ether oxygens (including phenoxy) is 1. The number of aromatic nitrogens is 1. The fourth-order valence-corrected chi connectivity index (χ4v) is 4.26. The van der Waals surface area contributed by atoms with E-state index in [1.54, 1.807) is 0 Å². The first kappa shape index (κ1) is 18.2. The number of morpholine rings is 1. The largest absolute Gasteiger partial charge is 0.379 e. The summed E-state index contributed by atoms with van der Waals surface area (Å²) in [6.07, 6.45) is 0. The number of aromatic amines is 1. The van der Waals surface area contributed by atoms with E-state index >= 15 is 0 Å². The first-order valence-electron chi connectivity index (χ1n) is 9.90. The Morgan fingerprint density at radius 3 is 2.52 bits per heavy atom. The summed E-state index contributed by atoms with van der Waals surface area (Å²) in [6, 6.07) is 20.1. The lowest BCUT2D eigenvalue weighted by molar-refractivity contribution is 0.00855. The lowest BCUT2D eigenvalue weighted by Crippen LogP contribution is -2.46. The zero-order valence-electron chi connectivity index (χ0n) is 16.2. The number of H-pyrrole nitrogens is 1. The quantitative estimate of drug-likeness (QED) is 0.695. The minimum atomic E-state index is 0.332. The molecular weight excluding hydrogens is 334 g/mol. The second kappa shape index (κ2) is 8.26. The molecule has 0 amide bonds. The minimum absolute atomic E-state index is 0.332. The van der Waals surface area contributed by atoms with Gasteiger partial charge in [0.1, 0.15) is 0 Å². The predicted molar refractivity (Wildman–Crippen MR) is 111 cm³/mol. The van der Waals surface area contributed by atoms with Gasteiger partial charge < -0.3 is 15.0 Å². The molecule has 2 atom stereocenters. The number of aryl methyl sites for hydroxylation is 1. The smallest absolute Gasteiger partial charge is 0.0594 e. The maximum absolute atomic E-state index is 5.58. The molecule has 1 aliphatic rings. The van der Waals surface area contributed by atoms with Gasteiger partial charge in [-0.15, -0.1) is 0 Å². The van der Waals surface area contributed by atoms with Crippen LogP contribution in [0.4, 0.5) is 0 Å².